The molecule has 3 aliphatic rings. The van der Waals surface area contributed by atoms with E-state index in [2.05, 4.69) is 17.1 Å². The van der Waals surface area contributed by atoms with Crippen LogP contribution in [0.4, 0.5) is 0 Å². The second-order valence-corrected chi connectivity index (χ2v) is 8.01. The third-order valence-corrected chi connectivity index (χ3v) is 6.58. The Morgan fingerprint density at radius 1 is 1.36 bits per heavy atom. The summed E-state index contributed by atoms with van der Waals surface area (Å²) in [5, 5.41) is 12.5. The first kappa shape index (κ1) is 14.9. The van der Waals surface area contributed by atoms with E-state index in [1.165, 1.54) is 19.4 Å². The largest absolute Gasteiger partial charge is 0.388 e. The van der Waals surface area contributed by atoms with Crippen molar-refractivity contribution >= 4 is 11.3 Å². The number of morpholine rings is 1. The average Bonchev–Trinajstić information content (AvgIpc) is 3.27. The van der Waals surface area contributed by atoms with Crippen molar-refractivity contribution in [2.24, 2.45) is 17.8 Å². The quantitative estimate of drug-likeness (QED) is 0.847. The first-order chi connectivity index (χ1) is 10.8. The van der Waals surface area contributed by atoms with Crippen molar-refractivity contribution in [1.29, 1.82) is 0 Å². The molecule has 0 spiro atoms. The number of aliphatic hydroxyl groups is 1. The molecular weight excluding hydrogens is 294 g/mol. The number of rotatable bonds is 5. The van der Waals surface area contributed by atoms with Gasteiger partial charge in [-0.3, -0.25) is 4.90 Å². The third kappa shape index (κ3) is 3.02. The summed E-state index contributed by atoms with van der Waals surface area (Å²) in [4.78, 5) is 3.66. The molecule has 4 rings (SSSR count). The molecule has 1 aromatic rings. The van der Waals surface area contributed by atoms with Gasteiger partial charge in [0.25, 0.3) is 0 Å². The molecule has 5 atom stereocenters. The van der Waals surface area contributed by atoms with Crippen molar-refractivity contribution < 1.29 is 9.84 Å². The Morgan fingerprint density at radius 2 is 2.32 bits per heavy atom. The van der Waals surface area contributed by atoms with Crippen LogP contribution in [-0.4, -0.2) is 42.4 Å². The molecule has 3 nitrogen and oxygen atoms in total. The van der Waals surface area contributed by atoms with Gasteiger partial charge in [-0.1, -0.05) is 18.2 Å². The maximum atomic E-state index is 10.5. The van der Waals surface area contributed by atoms with Crippen molar-refractivity contribution in [3.05, 3.63) is 34.5 Å². The van der Waals surface area contributed by atoms with E-state index in [9.17, 15) is 5.11 Å². The molecule has 22 heavy (non-hydrogen) atoms. The molecule has 2 aliphatic carbocycles. The van der Waals surface area contributed by atoms with E-state index in [-0.39, 0.29) is 6.10 Å². The fraction of sp³-hybridized carbons (Fsp3) is 0.667. The molecule has 0 aromatic carbocycles. The predicted octanol–water partition coefficient (Wildman–Crippen LogP) is 3.08. The topological polar surface area (TPSA) is 32.7 Å². The number of aliphatic hydroxyl groups excluding tert-OH is 1. The minimum Gasteiger partial charge on any atom is -0.388 e. The minimum absolute atomic E-state index is 0.353. The van der Waals surface area contributed by atoms with Gasteiger partial charge in [0.05, 0.1) is 19.3 Å². The maximum absolute atomic E-state index is 10.5. The number of hydrogen-bond acceptors (Lipinski definition) is 4. The van der Waals surface area contributed by atoms with Crippen LogP contribution in [0.2, 0.25) is 0 Å². The molecule has 1 N–H and O–H groups in total. The van der Waals surface area contributed by atoms with Crippen molar-refractivity contribution in [1.82, 2.24) is 4.90 Å². The molecule has 120 valence electrons. The summed E-state index contributed by atoms with van der Waals surface area (Å²) in [6.45, 7) is 3.79. The molecule has 2 heterocycles. The van der Waals surface area contributed by atoms with Gasteiger partial charge in [-0.15, -0.1) is 11.3 Å². The van der Waals surface area contributed by atoms with Crippen molar-refractivity contribution in [2.75, 3.05) is 26.3 Å². The van der Waals surface area contributed by atoms with Crippen LogP contribution in [-0.2, 0) is 4.74 Å². The molecule has 1 aromatic heterocycles. The lowest BCUT2D eigenvalue weighted by molar-refractivity contribution is -0.0331. The number of fused-ring (bicyclic) bond motifs is 2. The highest BCUT2D eigenvalue weighted by Gasteiger charge is 2.38. The number of nitrogens with zero attached hydrogens (tertiary/aromatic N) is 1. The van der Waals surface area contributed by atoms with Crippen LogP contribution >= 0.6 is 11.3 Å². The van der Waals surface area contributed by atoms with Crippen LogP contribution in [0, 0.1) is 17.8 Å². The Kier molecular flexibility index (Phi) is 4.36. The highest BCUT2D eigenvalue weighted by Crippen LogP contribution is 2.44. The zero-order valence-corrected chi connectivity index (χ0v) is 13.8. The number of ether oxygens (including phenoxy) is 1. The third-order valence-electron chi connectivity index (χ3n) is 5.60. The van der Waals surface area contributed by atoms with E-state index in [0.29, 0.717) is 6.04 Å². The van der Waals surface area contributed by atoms with Crippen LogP contribution in [0.5, 0.6) is 0 Å². The van der Waals surface area contributed by atoms with E-state index < -0.39 is 0 Å². The van der Waals surface area contributed by atoms with Crippen LogP contribution < -0.4 is 0 Å². The van der Waals surface area contributed by atoms with Crippen molar-refractivity contribution in [3.63, 3.8) is 0 Å². The number of allylic oxidation sites excluding steroid dienone is 2. The fourth-order valence-corrected chi connectivity index (χ4v) is 5.13. The van der Waals surface area contributed by atoms with Gasteiger partial charge >= 0.3 is 0 Å². The lowest BCUT2D eigenvalue weighted by atomic mass is 9.92. The molecule has 0 amide bonds. The average molecular weight is 319 g/mol. The second kappa shape index (κ2) is 6.44. The first-order valence-corrected chi connectivity index (χ1v) is 9.39. The summed E-state index contributed by atoms with van der Waals surface area (Å²) < 4.78 is 5.69. The van der Waals surface area contributed by atoms with E-state index in [4.69, 9.17) is 4.74 Å². The van der Waals surface area contributed by atoms with Gasteiger partial charge in [-0.05, 0) is 48.5 Å². The predicted molar refractivity (Wildman–Crippen MR) is 88.9 cm³/mol. The molecule has 5 unspecified atom stereocenters. The lowest BCUT2D eigenvalue weighted by Gasteiger charge is -2.39. The first-order valence-electron chi connectivity index (χ1n) is 8.51. The van der Waals surface area contributed by atoms with Crippen LogP contribution in [0.1, 0.15) is 30.2 Å². The Bertz CT molecular complexity index is 515. The Morgan fingerprint density at radius 3 is 3.05 bits per heavy atom. The summed E-state index contributed by atoms with van der Waals surface area (Å²) >= 11 is 1.65. The standard InChI is InChI=1S/C18H25NO2S/c20-17(18-2-1-7-22-18)10-16-12-21-6-5-19(16)11-15-9-13-3-4-14(15)8-13/h1-4,7,13-17,20H,5-6,8-12H2. The normalized spacial score (nSPS) is 36.0. The van der Waals surface area contributed by atoms with E-state index in [1.54, 1.807) is 11.3 Å². The van der Waals surface area contributed by atoms with Crippen LogP contribution in [0.3, 0.4) is 0 Å². The zero-order valence-electron chi connectivity index (χ0n) is 12.9. The Hall–Kier alpha value is -0.680. The summed E-state index contributed by atoms with van der Waals surface area (Å²) in [7, 11) is 0. The van der Waals surface area contributed by atoms with E-state index in [1.807, 2.05) is 17.5 Å². The monoisotopic (exact) mass is 319 g/mol. The Labute approximate surface area is 136 Å². The summed E-state index contributed by atoms with van der Waals surface area (Å²) in [5.74, 6) is 2.45. The number of hydrogen-bond donors (Lipinski definition) is 1. The highest BCUT2D eigenvalue weighted by molar-refractivity contribution is 7.10. The minimum atomic E-state index is -0.353. The summed E-state index contributed by atoms with van der Waals surface area (Å²) in [5.41, 5.74) is 0. The van der Waals surface area contributed by atoms with Gasteiger partial charge in [-0.25, -0.2) is 0 Å². The lowest BCUT2D eigenvalue weighted by Crippen LogP contribution is -2.48. The molecule has 2 fully saturated rings. The fourth-order valence-electron chi connectivity index (χ4n) is 4.41. The van der Waals surface area contributed by atoms with Crippen LogP contribution in [0.15, 0.2) is 29.7 Å². The molecule has 1 saturated carbocycles. The van der Waals surface area contributed by atoms with Gasteiger partial charge in [0.1, 0.15) is 0 Å². The van der Waals surface area contributed by atoms with Crippen molar-refractivity contribution in [2.45, 2.75) is 31.4 Å². The van der Waals surface area contributed by atoms with Crippen molar-refractivity contribution in [3.8, 4) is 0 Å². The van der Waals surface area contributed by atoms with Gasteiger partial charge in [0.15, 0.2) is 0 Å². The van der Waals surface area contributed by atoms with Gasteiger partial charge < -0.3 is 9.84 Å². The molecule has 0 radical (unpaired) electrons. The zero-order chi connectivity index (χ0) is 14.9. The van der Waals surface area contributed by atoms with Crippen LogP contribution in [0.25, 0.3) is 0 Å². The van der Waals surface area contributed by atoms with Gasteiger partial charge in [-0.2, -0.15) is 0 Å². The molecule has 1 aliphatic heterocycles. The summed E-state index contributed by atoms with van der Waals surface area (Å²) in [6, 6.07) is 4.40. The second-order valence-electron chi connectivity index (χ2n) is 7.03. The van der Waals surface area contributed by atoms with Gasteiger partial charge in [0, 0.05) is 24.0 Å². The molecule has 4 heteroatoms. The molecule has 2 bridgehead atoms. The van der Waals surface area contributed by atoms with Gasteiger partial charge in [0.2, 0.25) is 0 Å². The molecular formula is C18H25NO2S. The Balaban J connectivity index is 1.38. The summed E-state index contributed by atoms with van der Waals surface area (Å²) in [6.07, 6.45) is 8.02. The van der Waals surface area contributed by atoms with E-state index in [0.717, 1.165) is 48.8 Å². The number of thiophene rings is 1. The SMILES string of the molecule is OC(CC1COCCN1CC1CC2C=CC1C2)c1cccs1. The van der Waals surface area contributed by atoms with E-state index >= 15 is 0 Å². The maximum Gasteiger partial charge on any atom is 0.0897 e. The molecule has 1 saturated heterocycles. The highest BCUT2D eigenvalue weighted by atomic mass is 32.1. The smallest absolute Gasteiger partial charge is 0.0897 e.